The van der Waals surface area contributed by atoms with E-state index in [1.807, 2.05) is 0 Å². The normalized spacial score (nSPS) is 10.3. The molecule has 0 atom stereocenters. The first-order chi connectivity index (χ1) is 9.49. The third-order valence-corrected chi connectivity index (χ3v) is 3.53. The Balaban J connectivity index is 2.11. The second-order valence-electron chi connectivity index (χ2n) is 4.14. The van der Waals surface area contributed by atoms with Crippen LogP contribution in [0.3, 0.4) is 0 Å². The fourth-order valence-electron chi connectivity index (χ4n) is 1.66. The molecule has 3 N–H and O–H groups in total. The summed E-state index contributed by atoms with van der Waals surface area (Å²) in [6.45, 7) is 0.0751. The van der Waals surface area contributed by atoms with Crippen molar-refractivity contribution in [3.05, 3.63) is 63.4 Å². The molecule has 2 aromatic rings. The van der Waals surface area contributed by atoms with E-state index in [0.29, 0.717) is 5.56 Å². The van der Waals surface area contributed by atoms with E-state index < -0.39 is 5.91 Å². The molecule has 1 amide bonds. The van der Waals surface area contributed by atoms with E-state index >= 15 is 0 Å². The molecule has 2 aromatic carbocycles. The highest BCUT2D eigenvalue weighted by Crippen LogP contribution is 2.29. The number of carbonyl (C=O) groups excluding carboxylic acids is 1. The first-order valence-corrected chi connectivity index (χ1v) is 6.50. The molecular formula is C14H11Cl2FN2O. The Morgan fingerprint density at radius 3 is 2.60 bits per heavy atom. The second kappa shape index (κ2) is 6.11. The SMILES string of the molecule is Nc1cc(C(=O)NCc2ccccc2F)cc(Cl)c1Cl. The average molecular weight is 313 g/mol. The van der Waals surface area contributed by atoms with Crippen LogP contribution in [0.4, 0.5) is 10.1 Å². The lowest BCUT2D eigenvalue weighted by molar-refractivity contribution is 0.0950. The molecular weight excluding hydrogens is 302 g/mol. The monoisotopic (exact) mass is 312 g/mol. The van der Waals surface area contributed by atoms with E-state index in [9.17, 15) is 9.18 Å². The van der Waals surface area contributed by atoms with Crippen molar-refractivity contribution in [1.29, 1.82) is 0 Å². The zero-order valence-corrected chi connectivity index (χ0v) is 11.8. The maximum Gasteiger partial charge on any atom is 0.251 e. The van der Waals surface area contributed by atoms with Crippen LogP contribution in [0.5, 0.6) is 0 Å². The minimum Gasteiger partial charge on any atom is -0.397 e. The van der Waals surface area contributed by atoms with Crippen molar-refractivity contribution in [2.45, 2.75) is 6.54 Å². The molecule has 2 rings (SSSR count). The number of hydrogen-bond donors (Lipinski definition) is 2. The molecule has 0 spiro atoms. The van der Waals surface area contributed by atoms with Crippen LogP contribution in [-0.2, 0) is 6.54 Å². The minimum atomic E-state index is -0.404. The Morgan fingerprint density at radius 1 is 1.25 bits per heavy atom. The van der Waals surface area contributed by atoms with E-state index in [1.54, 1.807) is 18.2 Å². The summed E-state index contributed by atoms with van der Waals surface area (Å²) in [5, 5.41) is 3.00. The summed E-state index contributed by atoms with van der Waals surface area (Å²) >= 11 is 11.7. The van der Waals surface area contributed by atoms with Gasteiger partial charge in [-0.1, -0.05) is 41.4 Å². The smallest absolute Gasteiger partial charge is 0.251 e. The lowest BCUT2D eigenvalue weighted by atomic mass is 10.1. The summed E-state index contributed by atoms with van der Waals surface area (Å²) in [6.07, 6.45) is 0. The average Bonchev–Trinajstić information content (AvgIpc) is 2.43. The summed E-state index contributed by atoms with van der Waals surface area (Å²) in [5.41, 5.74) is 6.52. The summed E-state index contributed by atoms with van der Waals surface area (Å²) in [7, 11) is 0. The van der Waals surface area contributed by atoms with Crippen molar-refractivity contribution in [3.8, 4) is 0 Å². The maximum atomic E-state index is 13.4. The van der Waals surface area contributed by atoms with E-state index in [-0.39, 0.29) is 33.7 Å². The number of halogens is 3. The lowest BCUT2D eigenvalue weighted by Gasteiger charge is -2.08. The van der Waals surface area contributed by atoms with Crippen LogP contribution in [-0.4, -0.2) is 5.91 Å². The van der Waals surface area contributed by atoms with Gasteiger partial charge in [-0.3, -0.25) is 4.79 Å². The molecule has 0 aliphatic heterocycles. The number of hydrogen-bond acceptors (Lipinski definition) is 2. The predicted octanol–water partition coefficient (Wildman–Crippen LogP) is 3.64. The van der Waals surface area contributed by atoms with Gasteiger partial charge in [0.25, 0.3) is 5.91 Å². The predicted molar refractivity (Wildman–Crippen MR) is 78.4 cm³/mol. The molecule has 0 aromatic heterocycles. The number of benzene rings is 2. The fourth-order valence-corrected chi connectivity index (χ4v) is 2.00. The maximum absolute atomic E-state index is 13.4. The van der Waals surface area contributed by atoms with E-state index in [2.05, 4.69) is 5.32 Å². The number of nitrogens with one attached hydrogen (secondary N) is 1. The number of rotatable bonds is 3. The number of carbonyl (C=O) groups is 1. The molecule has 0 aliphatic carbocycles. The largest absolute Gasteiger partial charge is 0.397 e. The molecule has 3 nitrogen and oxygen atoms in total. The molecule has 0 radical (unpaired) electrons. The first-order valence-electron chi connectivity index (χ1n) is 5.75. The highest BCUT2D eigenvalue weighted by molar-refractivity contribution is 6.43. The molecule has 0 saturated heterocycles. The van der Waals surface area contributed by atoms with Crippen molar-refractivity contribution in [2.24, 2.45) is 0 Å². The van der Waals surface area contributed by atoms with Gasteiger partial charge in [0.05, 0.1) is 15.7 Å². The molecule has 0 fully saturated rings. The Bertz CT molecular complexity index is 638. The van der Waals surface area contributed by atoms with E-state index in [1.165, 1.54) is 18.2 Å². The van der Waals surface area contributed by atoms with Gasteiger partial charge in [-0.2, -0.15) is 0 Å². The Kier molecular flexibility index (Phi) is 4.47. The number of nitrogen functional groups attached to an aromatic ring is 1. The zero-order valence-electron chi connectivity index (χ0n) is 10.3. The third-order valence-electron chi connectivity index (χ3n) is 2.72. The Hall–Kier alpha value is -1.78. The highest BCUT2D eigenvalue weighted by atomic mass is 35.5. The first kappa shape index (κ1) is 14.6. The molecule has 20 heavy (non-hydrogen) atoms. The lowest BCUT2D eigenvalue weighted by Crippen LogP contribution is -2.23. The summed E-state index contributed by atoms with van der Waals surface area (Å²) < 4.78 is 13.4. The van der Waals surface area contributed by atoms with Gasteiger partial charge in [0.15, 0.2) is 0 Å². The van der Waals surface area contributed by atoms with Crippen molar-refractivity contribution in [2.75, 3.05) is 5.73 Å². The summed E-state index contributed by atoms with van der Waals surface area (Å²) in [6, 6.07) is 9.04. The second-order valence-corrected chi connectivity index (χ2v) is 4.92. The number of anilines is 1. The number of nitrogens with two attached hydrogens (primary N) is 1. The third kappa shape index (κ3) is 3.21. The zero-order chi connectivity index (χ0) is 14.7. The van der Waals surface area contributed by atoms with Gasteiger partial charge in [0.1, 0.15) is 5.82 Å². The van der Waals surface area contributed by atoms with Crippen LogP contribution in [0.2, 0.25) is 10.0 Å². The summed E-state index contributed by atoms with van der Waals surface area (Å²) in [5.74, 6) is -0.778. The molecule has 0 saturated carbocycles. The van der Waals surface area contributed by atoms with Gasteiger partial charge in [-0.25, -0.2) is 4.39 Å². The van der Waals surface area contributed by atoms with Crippen molar-refractivity contribution in [3.63, 3.8) is 0 Å². The van der Waals surface area contributed by atoms with Crippen LogP contribution < -0.4 is 11.1 Å². The Labute approximate surface area is 125 Å². The highest BCUT2D eigenvalue weighted by Gasteiger charge is 2.11. The standard InChI is InChI=1S/C14H11Cl2FN2O/c15-10-5-9(6-12(18)13(10)16)14(20)19-7-8-3-1-2-4-11(8)17/h1-6H,7,18H2,(H,19,20). The van der Waals surface area contributed by atoms with Gasteiger partial charge in [0.2, 0.25) is 0 Å². The van der Waals surface area contributed by atoms with Crippen LogP contribution in [0, 0.1) is 5.82 Å². The van der Waals surface area contributed by atoms with Crippen molar-refractivity contribution in [1.82, 2.24) is 5.32 Å². The van der Waals surface area contributed by atoms with Gasteiger partial charge < -0.3 is 11.1 Å². The van der Waals surface area contributed by atoms with Crippen LogP contribution in [0.25, 0.3) is 0 Å². The van der Waals surface area contributed by atoms with Gasteiger partial charge in [-0.05, 0) is 18.2 Å². The van der Waals surface area contributed by atoms with Gasteiger partial charge in [0, 0.05) is 17.7 Å². The van der Waals surface area contributed by atoms with Crippen LogP contribution >= 0.6 is 23.2 Å². The van der Waals surface area contributed by atoms with Crippen LogP contribution in [0.15, 0.2) is 36.4 Å². The fraction of sp³-hybridized carbons (Fsp3) is 0.0714. The van der Waals surface area contributed by atoms with Crippen molar-refractivity contribution >= 4 is 34.8 Å². The molecule has 104 valence electrons. The van der Waals surface area contributed by atoms with E-state index in [0.717, 1.165) is 0 Å². The molecule has 0 unspecified atom stereocenters. The van der Waals surface area contributed by atoms with Crippen LogP contribution in [0.1, 0.15) is 15.9 Å². The quantitative estimate of drug-likeness (QED) is 0.850. The topological polar surface area (TPSA) is 55.1 Å². The molecule has 6 heteroatoms. The molecule has 0 bridgehead atoms. The van der Waals surface area contributed by atoms with Gasteiger partial charge in [-0.15, -0.1) is 0 Å². The van der Waals surface area contributed by atoms with Gasteiger partial charge >= 0.3 is 0 Å². The minimum absolute atomic E-state index is 0.0751. The number of amides is 1. The van der Waals surface area contributed by atoms with E-state index in [4.69, 9.17) is 28.9 Å². The molecule has 0 aliphatic rings. The Morgan fingerprint density at radius 2 is 1.95 bits per heavy atom. The molecule has 0 heterocycles. The van der Waals surface area contributed by atoms with Crippen molar-refractivity contribution < 1.29 is 9.18 Å². The summed E-state index contributed by atoms with van der Waals surface area (Å²) in [4.78, 5) is 12.0.